The van der Waals surface area contributed by atoms with E-state index in [0.29, 0.717) is 17.5 Å². The molecule has 1 heterocycles. The van der Waals surface area contributed by atoms with Crippen LogP contribution in [0.5, 0.6) is 5.88 Å². The van der Waals surface area contributed by atoms with Gasteiger partial charge < -0.3 is 4.74 Å². The molecule has 1 aromatic rings. The van der Waals surface area contributed by atoms with Gasteiger partial charge in [0, 0.05) is 17.3 Å². The number of halogens is 1. The van der Waals surface area contributed by atoms with Crippen molar-refractivity contribution >= 4 is 11.6 Å². The predicted molar refractivity (Wildman–Crippen MR) is 49.7 cm³/mol. The monoisotopic (exact) mass is 185 g/mol. The quantitative estimate of drug-likeness (QED) is 0.673. The Morgan fingerprint density at radius 1 is 1.58 bits per heavy atom. The first-order valence-electron chi connectivity index (χ1n) is 4.07. The van der Waals surface area contributed by atoms with E-state index in [0.717, 1.165) is 12.8 Å². The number of nitrogens with zero attached hydrogens (tertiary/aromatic N) is 1. The molecule has 0 radical (unpaired) electrons. The number of hydrogen-bond donors (Lipinski definition) is 0. The minimum atomic E-state index is 0.607. The van der Waals surface area contributed by atoms with Crippen molar-refractivity contribution in [1.82, 2.24) is 4.98 Å². The SMILES string of the molecule is CCCCOc1cc(Cl)ccn1. The van der Waals surface area contributed by atoms with Crippen LogP contribution in [0.1, 0.15) is 19.8 Å². The summed E-state index contributed by atoms with van der Waals surface area (Å²) in [5.74, 6) is 0.607. The molecule has 0 N–H and O–H groups in total. The lowest BCUT2D eigenvalue weighted by Gasteiger charge is -2.02. The van der Waals surface area contributed by atoms with Gasteiger partial charge in [0.25, 0.3) is 0 Å². The third kappa shape index (κ3) is 3.09. The Balaban J connectivity index is 2.41. The normalized spacial score (nSPS) is 9.83. The van der Waals surface area contributed by atoms with Crippen molar-refractivity contribution in [2.24, 2.45) is 0 Å². The molecule has 1 aromatic heterocycles. The molecule has 0 unspecified atom stereocenters. The fraction of sp³-hybridized carbons (Fsp3) is 0.444. The highest BCUT2D eigenvalue weighted by atomic mass is 35.5. The minimum absolute atomic E-state index is 0.607. The van der Waals surface area contributed by atoms with Crippen LogP contribution in [0.3, 0.4) is 0 Å². The lowest BCUT2D eigenvalue weighted by atomic mass is 10.4. The van der Waals surface area contributed by atoms with Crippen LogP contribution in [-0.4, -0.2) is 11.6 Å². The highest BCUT2D eigenvalue weighted by molar-refractivity contribution is 6.30. The van der Waals surface area contributed by atoms with Crippen molar-refractivity contribution in [2.45, 2.75) is 19.8 Å². The lowest BCUT2D eigenvalue weighted by molar-refractivity contribution is 0.298. The Labute approximate surface area is 77.5 Å². The molecule has 0 aliphatic carbocycles. The van der Waals surface area contributed by atoms with Crippen molar-refractivity contribution in [3.05, 3.63) is 23.4 Å². The summed E-state index contributed by atoms with van der Waals surface area (Å²) in [4.78, 5) is 4.00. The van der Waals surface area contributed by atoms with Gasteiger partial charge in [-0.25, -0.2) is 4.98 Å². The molecular formula is C9H12ClNO. The van der Waals surface area contributed by atoms with Gasteiger partial charge in [-0.05, 0) is 12.5 Å². The largest absolute Gasteiger partial charge is 0.478 e. The molecule has 3 heteroatoms. The number of unbranched alkanes of at least 4 members (excludes halogenated alkanes) is 1. The van der Waals surface area contributed by atoms with Gasteiger partial charge in [0.2, 0.25) is 5.88 Å². The zero-order valence-electron chi connectivity index (χ0n) is 7.09. The van der Waals surface area contributed by atoms with E-state index in [1.165, 1.54) is 0 Å². The van der Waals surface area contributed by atoms with E-state index in [-0.39, 0.29) is 0 Å². The molecular weight excluding hydrogens is 174 g/mol. The van der Waals surface area contributed by atoms with Gasteiger partial charge in [0.1, 0.15) is 0 Å². The molecule has 0 fully saturated rings. The second-order valence-electron chi connectivity index (χ2n) is 2.51. The summed E-state index contributed by atoms with van der Waals surface area (Å²) >= 11 is 5.74. The van der Waals surface area contributed by atoms with E-state index in [1.807, 2.05) is 0 Å². The van der Waals surface area contributed by atoms with Gasteiger partial charge in [0.15, 0.2) is 0 Å². The second kappa shape index (κ2) is 4.99. The number of rotatable bonds is 4. The first-order valence-corrected chi connectivity index (χ1v) is 4.45. The van der Waals surface area contributed by atoms with E-state index in [2.05, 4.69) is 11.9 Å². The molecule has 0 saturated carbocycles. The molecule has 0 aliphatic rings. The first kappa shape index (κ1) is 9.33. The maximum absolute atomic E-state index is 5.74. The van der Waals surface area contributed by atoms with Crippen LogP contribution in [0.2, 0.25) is 5.02 Å². The Morgan fingerprint density at radius 3 is 3.08 bits per heavy atom. The maximum Gasteiger partial charge on any atom is 0.214 e. The van der Waals surface area contributed by atoms with Crippen LogP contribution in [0, 0.1) is 0 Å². The van der Waals surface area contributed by atoms with Crippen LogP contribution < -0.4 is 4.74 Å². The molecule has 0 spiro atoms. The molecule has 0 aliphatic heterocycles. The van der Waals surface area contributed by atoms with E-state index in [4.69, 9.17) is 16.3 Å². The molecule has 0 amide bonds. The standard InChI is InChI=1S/C9H12ClNO/c1-2-3-6-12-9-7-8(10)4-5-11-9/h4-5,7H,2-3,6H2,1H3. The average molecular weight is 186 g/mol. The number of ether oxygens (including phenoxy) is 1. The van der Waals surface area contributed by atoms with Gasteiger partial charge >= 0.3 is 0 Å². The highest BCUT2D eigenvalue weighted by Crippen LogP contribution is 2.13. The van der Waals surface area contributed by atoms with Crippen LogP contribution in [0.15, 0.2) is 18.3 Å². The summed E-state index contributed by atoms with van der Waals surface area (Å²) in [6, 6.07) is 3.45. The Kier molecular flexibility index (Phi) is 3.88. The summed E-state index contributed by atoms with van der Waals surface area (Å²) in [5, 5.41) is 0.663. The molecule has 0 saturated heterocycles. The van der Waals surface area contributed by atoms with Gasteiger partial charge in [-0.1, -0.05) is 24.9 Å². The number of pyridine rings is 1. The second-order valence-corrected chi connectivity index (χ2v) is 2.95. The fourth-order valence-electron chi connectivity index (χ4n) is 0.785. The topological polar surface area (TPSA) is 22.1 Å². The zero-order chi connectivity index (χ0) is 8.81. The third-order valence-corrected chi connectivity index (χ3v) is 1.68. The maximum atomic E-state index is 5.74. The van der Waals surface area contributed by atoms with E-state index < -0.39 is 0 Å². The molecule has 66 valence electrons. The van der Waals surface area contributed by atoms with Gasteiger partial charge in [-0.2, -0.15) is 0 Å². The Hall–Kier alpha value is -0.760. The van der Waals surface area contributed by atoms with E-state index in [1.54, 1.807) is 18.3 Å². The third-order valence-electron chi connectivity index (χ3n) is 1.44. The number of aromatic nitrogens is 1. The summed E-state index contributed by atoms with van der Waals surface area (Å²) < 4.78 is 5.33. The fourth-order valence-corrected chi connectivity index (χ4v) is 0.935. The Bertz CT molecular complexity index is 240. The van der Waals surface area contributed by atoms with Crippen LogP contribution in [0.25, 0.3) is 0 Å². The molecule has 0 bridgehead atoms. The first-order chi connectivity index (χ1) is 5.83. The highest BCUT2D eigenvalue weighted by Gasteiger charge is 1.94. The van der Waals surface area contributed by atoms with Crippen molar-refractivity contribution in [1.29, 1.82) is 0 Å². The van der Waals surface area contributed by atoms with Gasteiger partial charge in [0.05, 0.1) is 6.61 Å². The lowest BCUT2D eigenvalue weighted by Crippen LogP contribution is -1.97. The molecule has 0 aromatic carbocycles. The predicted octanol–water partition coefficient (Wildman–Crippen LogP) is 2.91. The summed E-state index contributed by atoms with van der Waals surface area (Å²) in [7, 11) is 0. The average Bonchev–Trinajstić information content (AvgIpc) is 2.05. The van der Waals surface area contributed by atoms with Gasteiger partial charge in [-0.3, -0.25) is 0 Å². The number of hydrogen-bond acceptors (Lipinski definition) is 2. The smallest absolute Gasteiger partial charge is 0.214 e. The van der Waals surface area contributed by atoms with Crippen LogP contribution in [0.4, 0.5) is 0 Å². The van der Waals surface area contributed by atoms with E-state index in [9.17, 15) is 0 Å². The summed E-state index contributed by atoms with van der Waals surface area (Å²) in [6.07, 6.45) is 3.82. The zero-order valence-corrected chi connectivity index (χ0v) is 7.84. The van der Waals surface area contributed by atoms with Crippen molar-refractivity contribution in [2.75, 3.05) is 6.61 Å². The van der Waals surface area contributed by atoms with Crippen molar-refractivity contribution in [3.8, 4) is 5.88 Å². The molecule has 2 nitrogen and oxygen atoms in total. The summed E-state index contributed by atoms with van der Waals surface area (Å²) in [5.41, 5.74) is 0. The molecule has 0 atom stereocenters. The van der Waals surface area contributed by atoms with Crippen LogP contribution in [-0.2, 0) is 0 Å². The molecule has 12 heavy (non-hydrogen) atoms. The van der Waals surface area contributed by atoms with Crippen molar-refractivity contribution in [3.63, 3.8) is 0 Å². The van der Waals surface area contributed by atoms with Gasteiger partial charge in [-0.15, -0.1) is 0 Å². The van der Waals surface area contributed by atoms with E-state index >= 15 is 0 Å². The minimum Gasteiger partial charge on any atom is -0.478 e. The van der Waals surface area contributed by atoms with Crippen LogP contribution >= 0.6 is 11.6 Å². The summed E-state index contributed by atoms with van der Waals surface area (Å²) in [6.45, 7) is 2.83. The van der Waals surface area contributed by atoms with Crippen molar-refractivity contribution < 1.29 is 4.74 Å². The Morgan fingerprint density at radius 2 is 2.42 bits per heavy atom. The molecule has 1 rings (SSSR count).